The third-order valence-electron chi connectivity index (χ3n) is 2.65. The van der Waals surface area contributed by atoms with E-state index in [-0.39, 0.29) is 11.6 Å². The first kappa shape index (κ1) is 13.4. The summed E-state index contributed by atoms with van der Waals surface area (Å²) in [5, 5.41) is 0. The smallest absolute Gasteiger partial charge is 0.289 e. The minimum Gasteiger partial charge on any atom is -0.289 e. The molecule has 7 heteroatoms. The molecule has 0 radical (unpaired) electrons. The number of hydrogen-bond donors (Lipinski definition) is 0. The first-order chi connectivity index (χ1) is 8.66. The molecule has 1 aliphatic carbocycles. The summed E-state index contributed by atoms with van der Waals surface area (Å²) in [4.78, 5) is 23.1. The lowest BCUT2D eigenvalue weighted by Gasteiger charge is -2.24. The van der Waals surface area contributed by atoms with E-state index < -0.39 is 34.8 Å². The van der Waals surface area contributed by atoms with Gasteiger partial charge in [0.15, 0.2) is 11.6 Å². The van der Waals surface area contributed by atoms with Gasteiger partial charge in [0.1, 0.15) is 0 Å². The van der Waals surface area contributed by atoms with Crippen LogP contribution in [-0.2, 0) is 0 Å². The maximum atomic E-state index is 13.2. The molecule has 0 aliphatic heterocycles. The Morgan fingerprint density at radius 1 is 0.842 bits per heavy atom. The lowest BCUT2D eigenvalue weighted by Crippen LogP contribution is -2.42. The number of rotatable bonds is 1. The number of allylic oxidation sites excluding steroid dienone is 2. The van der Waals surface area contributed by atoms with Gasteiger partial charge in [-0.1, -0.05) is 24.3 Å². The van der Waals surface area contributed by atoms with Crippen LogP contribution in [0.25, 0.3) is 0 Å². The van der Waals surface area contributed by atoms with Gasteiger partial charge in [-0.3, -0.25) is 9.59 Å². The zero-order valence-corrected chi connectivity index (χ0v) is 9.09. The van der Waals surface area contributed by atoms with Crippen molar-refractivity contribution in [1.29, 1.82) is 0 Å². The number of Topliss-reactive ketones (excluding diaryl/α,β-unsaturated/α-hetero) is 1. The highest BCUT2D eigenvalue weighted by atomic mass is 19.4. The Bertz CT molecular complexity index is 598. The van der Waals surface area contributed by atoms with E-state index in [4.69, 9.17) is 0 Å². The predicted molar refractivity (Wildman–Crippen MR) is 54.2 cm³/mol. The van der Waals surface area contributed by atoms with E-state index in [0.717, 1.165) is 6.07 Å². The Morgan fingerprint density at radius 2 is 1.37 bits per heavy atom. The van der Waals surface area contributed by atoms with Crippen molar-refractivity contribution in [3.8, 4) is 0 Å². The van der Waals surface area contributed by atoms with E-state index in [1.807, 2.05) is 0 Å². The summed E-state index contributed by atoms with van der Waals surface area (Å²) in [6.07, 6.45) is -5.88. The third kappa shape index (κ3) is 1.94. The van der Waals surface area contributed by atoms with Crippen LogP contribution >= 0.6 is 0 Å². The molecular formula is C12H5F5O2. The fraction of sp³-hybridized carbons (Fsp3) is 0.167. The summed E-state index contributed by atoms with van der Waals surface area (Å²) in [6, 6.07) is 4.88. The van der Waals surface area contributed by atoms with Crippen LogP contribution in [0.15, 0.2) is 35.9 Å². The second kappa shape index (κ2) is 3.97. The molecule has 0 aromatic heterocycles. The van der Waals surface area contributed by atoms with Crippen LogP contribution in [-0.4, -0.2) is 23.7 Å². The largest absolute Gasteiger partial charge is 0.458 e. The number of alkyl halides is 5. The van der Waals surface area contributed by atoms with E-state index in [1.54, 1.807) is 0 Å². The topological polar surface area (TPSA) is 34.1 Å². The SMILES string of the molecule is O=C1C=C(C(F)(F)C(F)(F)F)C(=O)c2ccccc21. The molecule has 1 aromatic carbocycles. The number of carbonyl (C=O) groups is 2. The maximum Gasteiger partial charge on any atom is 0.458 e. The normalized spacial score (nSPS) is 16.2. The average molecular weight is 276 g/mol. The molecule has 0 N–H and O–H groups in total. The van der Waals surface area contributed by atoms with Crippen molar-refractivity contribution in [2.24, 2.45) is 0 Å². The molecule has 2 rings (SSSR count). The van der Waals surface area contributed by atoms with Crippen LogP contribution in [0.5, 0.6) is 0 Å². The highest BCUT2D eigenvalue weighted by Gasteiger charge is 2.62. The van der Waals surface area contributed by atoms with Crippen LogP contribution in [0, 0.1) is 0 Å². The molecule has 0 fully saturated rings. The lowest BCUT2D eigenvalue weighted by atomic mass is 9.86. The van der Waals surface area contributed by atoms with Gasteiger partial charge in [0.05, 0.1) is 5.57 Å². The van der Waals surface area contributed by atoms with Gasteiger partial charge in [-0.25, -0.2) is 0 Å². The van der Waals surface area contributed by atoms with Crippen molar-refractivity contribution in [1.82, 2.24) is 0 Å². The minimum absolute atomic E-state index is 0.0537. The summed E-state index contributed by atoms with van der Waals surface area (Å²) >= 11 is 0. The summed E-state index contributed by atoms with van der Waals surface area (Å²) in [5.41, 5.74) is -2.48. The van der Waals surface area contributed by atoms with Gasteiger partial charge in [0.25, 0.3) is 0 Å². The average Bonchev–Trinajstić information content (AvgIpc) is 2.32. The molecule has 0 heterocycles. The fourth-order valence-electron chi connectivity index (χ4n) is 1.70. The fourth-order valence-corrected chi connectivity index (χ4v) is 1.70. The lowest BCUT2D eigenvalue weighted by molar-refractivity contribution is -0.262. The van der Waals surface area contributed by atoms with Crippen LogP contribution in [0.4, 0.5) is 22.0 Å². The summed E-state index contributed by atoms with van der Waals surface area (Å²) in [5.74, 6) is -7.89. The van der Waals surface area contributed by atoms with Gasteiger partial charge in [-0.2, -0.15) is 22.0 Å². The van der Waals surface area contributed by atoms with Crippen molar-refractivity contribution >= 4 is 11.6 Å². The van der Waals surface area contributed by atoms with Crippen LogP contribution in [0.2, 0.25) is 0 Å². The molecule has 2 nitrogen and oxygen atoms in total. The zero-order valence-electron chi connectivity index (χ0n) is 9.09. The number of carbonyl (C=O) groups excluding carboxylic acids is 2. The minimum atomic E-state index is -5.93. The molecule has 0 saturated heterocycles. The Morgan fingerprint density at radius 3 is 1.89 bits per heavy atom. The number of halogens is 5. The van der Waals surface area contributed by atoms with Crippen LogP contribution < -0.4 is 0 Å². The van der Waals surface area contributed by atoms with Crippen LogP contribution in [0.1, 0.15) is 20.7 Å². The van der Waals surface area contributed by atoms with Crippen LogP contribution in [0.3, 0.4) is 0 Å². The van der Waals surface area contributed by atoms with E-state index >= 15 is 0 Å². The molecule has 0 unspecified atom stereocenters. The van der Waals surface area contributed by atoms with E-state index in [1.165, 1.54) is 18.2 Å². The summed E-state index contributed by atoms with van der Waals surface area (Å²) in [7, 11) is 0. The first-order valence-electron chi connectivity index (χ1n) is 5.01. The molecule has 0 atom stereocenters. The van der Waals surface area contributed by atoms with Gasteiger partial charge in [0, 0.05) is 11.1 Å². The Labute approximate surface area is 103 Å². The molecule has 0 bridgehead atoms. The van der Waals surface area contributed by atoms with Gasteiger partial charge in [-0.15, -0.1) is 0 Å². The molecule has 19 heavy (non-hydrogen) atoms. The number of benzene rings is 1. The Kier molecular flexibility index (Phi) is 2.80. The summed E-state index contributed by atoms with van der Waals surface area (Å²) in [6.45, 7) is 0. The number of hydrogen-bond acceptors (Lipinski definition) is 2. The van der Waals surface area contributed by atoms with Gasteiger partial charge in [0.2, 0.25) is 0 Å². The van der Waals surface area contributed by atoms with Crippen molar-refractivity contribution < 1.29 is 31.5 Å². The second-order valence-corrected chi connectivity index (χ2v) is 3.87. The number of ketones is 2. The molecule has 0 amide bonds. The standard InChI is InChI=1S/C12H5F5O2/c13-11(14,12(15,16)17)8-5-9(18)6-3-1-2-4-7(6)10(8)19/h1-5H. The van der Waals surface area contributed by atoms with Gasteiger partial charge < -0.3 is 0 Å². The Balaban J connectivity index is 2.59. The molecule has 0 saturated carbocycles. The van der Waals surface area contributed by atoms with E-state index in [0.29, 0.717) is 0 Å². The highest BCUT2D eigenvalue weighted by Crippen LogP contribution is 2.43. The molecule has 0 spiro atoms. The highest BCUT2D eigenvalue weighted by molar-refractivity contribution is 6.25. The first-order valence-corrected chi connectivity index (χ1v) is 5.01. The molecule has 1 aromatic rings. The zero-order chi connectivity index (χ0) is 14.4. The second-order valence-electron chi connectivity index (χ2n) is 3.87. The van der Waals surface area contributed by atoms with Gasteiger partial charge >= 0.3 is 12.1 Å². The molecule has 100 valence electrons. The van der Waals surface area contributed by atoms with Crippen molar-refractivity contribution in [2.75, 3.05) is 0 Å². The number of fused-ring (bicyclic) bond motifs is 1. The third-order valence-corrected chi connectivity index (χ3v) is 2.65. The molecule has 1 aliphatic rings. The van der Waals surface area contributed by atoms with E-state index in [2.05, 4.69) is 0 Å². The van der Waals surface area contributed by atoms with E-state index in [9.17, 15) is 31.5 Å². The maximum absolute atomic E-state index is 13.2. The quantitative estimate of drug-likeness (QED) is 0.738. The van der Waals surface area contributed by atoms with Crippen molar-refractivity contribution in [3.63, 3.8) is 0 Å². The Hall–Kier alpha value is -2.05. The molecular weight excluding hydrogens is 271 g/mol. The van der Waals surface area contributed by atoms with Gasteiger partial charge in [-0.05, 0) is 6.08 Å². The van der Waals surface area contributed by atoms with Crippen molar-refractivity contribution in [3.05, 3.63) is 47.0 Å². The van der Waals surface area contributed by atoms with Crippen molar-refractivity contribution in [2.45, 2.75) is 12.1 Å². The monoisotopic (exact) mass is 276 g/mol. The predicted octanol–water partition coefficient (Wildman–Crippen LogP) is 3.19. The summed E-state index contributed by atoms with van der Waals surface area (Å²) < 4.78 is 63.1.